The van der Waals surface area contributed by atoms with Gasteiger partial charge in [-0.05, 0) is 65.1 Å². The highest BCUT2D eigenvalue weighted by Gasteiger charge is 2.31. The smallest absolute Gasteiger partial charge is 0.306 e. The number of rotatable bonds is 8. The highest BCUT2D eigenvalue weighted by molar-refractivity contribution is 7.89. The van der Waals surface area contributed by atoms with E-state index in [4.69, 9.17) is 14.2 Å². The van der Waals surface area contributed by atoms with Crippen LogP contribution in [0.3, 0.4) is 0 Å². The van der Waals surface area contributed by atoms with Crippen molar-refractivity contribution < 1.29 is 27.4 Å². The van der Waals surface area contributed by atoms with Crippen LogP contribution in [0.4, 0.5) is 0 Å². The standard InChI is InChI=1S/C27H29NO6S/c1-32-21-9-7-19(8-10-21)26(17-27(29)34-3)25-6-4-5-20-18-28(16-15-24(20)25)35(30,31)23-13-11-22(33-2)12-14-23/h4-14,26H,15-18H2,1-3H3. The maximum atomic E-state index is 13.3. The summed E-state index contributed by atoms with van der Waals surface area (Å²) in [7, 11) is 0.884. The van der Waals surface area contributed by atoms with Gasteiger partial charge in [-0.25, -0.2) is 8.42 Å². The average Bonchev–Trinajstić information content (AvgIpc) is 2.91. The molecular formula is C27H29NO6S. The summed E-state index contributed by atoms with van der Waals surface area (Å²) in [6.45, 7) is 0.622. The van der Waals surface area contributed by atoms with Crippen LogP contribution in [0.1, 0.15) is 34.6 Å². The molecule has 3 aromatic rings. The lowest BCUT2D eigenvalue weighted by Crippen LogP contribution is -2.36. The number of hydrogen-bond donors (Lipinski definition) is 0. The van der Waals surface area contributed by atoms with Gasteiger partial charge < -0.3 is 14.2 Å². The van der Waals surface area contributed by atoms with E-state index in [1.165, 1.54) is 11.4 Å². The second kappa shape index (κ2) is 10.5. The molecule has 7 nitrogen and oxygen atoms in total. The van der Waals surface area contributed by atoms with Gasteiger partial charge in [0, 0.05) is 19.0 Å². The summed E-state index contributed by atoms with van der Waals surface area (Å²) in [5.41, 5.74) is 4.00. The van der Waals surface area contributed by atoms with Crippen LogP contribution in [0, 0.1) is 0 Å². The Hall–Kier alpha value is -3.36. The molecule has 0 saturated heterocycles. The third kappa shape index (κ3) is 5.18. The average molecular weight is 496 g/mol. The highest BCUT2D eigenvalue weighted by atomic mass is 32.2. The van der Waals surface area contributed by atoms with Gasteiger partial charge in [-0.2, -0.15) is 4.31 Å². The van der Waals surface area contributed by atoms with Crippen LogP contribution in [0.25, 0.3) is 0 Å². The first-order chi connectivity index (χ1) is 16.9. The van der Waals surface area contributed by atoms with Crippen molar-refractivity contribution in [2.45, 2.75) is 30.2 Å². The third-order valence-electron chi connectivity index (χ3n) is 6.46. The number of ether oxygens (including phenoxy) is 3. The summed E-state index contributed by atoms with van der Waals surface area (Å²) < 4.78 is 43.5. The molecule has 3 aromatic carbocycles. The fourth-order valence-corrected chi connectivity index (χ4v) is 5.95. The second-order valence-corrected chi connectivity index (χ2v) is 10.3. The summed E-state index contributed by atoms with van der Waals surface area (Å²) in [5, 5.41) is 0. The number of fused-ring (bicyclic) bond motifs is 1. The molecule has 184 valence electrons. The summed E-state index contributed by atoms with van der Waals surface area (Å²) in [6, 6.07) is 20.0. The van der Waals surface area contributed by atoms with Gasteiger partial charge in [0.25, 0.3) is 0 Å². The SMILES string of the molecule is COC(=O)CC(c1ccc(OC)cc1)c1cccc2c1CCN(S(=O)(=O)c1ccc(OC)cc1)C2. The number of sulfonamides is 1. The van der Waals surface area contributed by atoms with Crippen LogP contribution in [-0.2, 0) is 32.5 Å². The zero-order valence-electron chi connectivity index (χ0n) is 20.1. The highest BCUT2D eigenvalue weighted by Crippen LogP contribution is 2.36. The van der Waals surface area contributed by atoms with Gasteiger partial charge in [-0.3, -0.25) is 4.79 Å². The minimum absolute atomic E-state index is 0.188. The first kappa shape index (κ1) is 24.8. The Morgan fingerprint density at radius 3 is 2.14 bits per heavy atom. The van der Waals surface area contributed by atoms with Crippen LogP contribution in [0.5, 0.6) is 11.5 Å². The Morgan fingerprint density at radius 1 is 0.914 bits per heavy atom. The van der Waals surface area contributed by atoms with Crippen molar-refractivity contribution in [3.8, 4) is 11.5 Å². The molecule has 0 aromatic heterocycles. The van der Waals surface area contributed by atoms with Gasteiger partial charge in [0.1, 0.15) is 11.5 Å². The van der Waals surface area contributed by atoms with E-state index < -0.39 is 10.0 Å². The molecule has 0 fully saturated rings. The van der Waals surface area contributed by atoms with Crippen LogP contribution >= 0.6 is 0 Å². The molecule has 4 rings (SSSR count). The number of nitrogens with zero attached hydrogens (tertiary/aromatic N) is 1. The lowest BCUT2D eigenvalue weighted by atomic mass is 9.82. The minimum Gasteiger partial charge on any atom is -0.497 e. The lowest BCUT2D eigenvalue weighted by Gasteiger charge is -2.31. The topological polar surface area (TPSA) is 82.1 Å². The Labute approximate surface area is 206 Å². The molecular weight excluding hydrogens is 466 g/mol. The van der Waals surface area contributed by atoms with Gasteiger partial charge in [-0.15, -0.1) is 0 Å². The summed E-state index contributed by atoms with van der Waals surface area (Å²) in [5.74, 6) is 0.823. The van der Waals surface area contributed by atoms with Crippen molar-refractivity contribution in [1.29, 1.82) is 0 Å². The van der Waals surface area contributed by atoms with Crippen LogP contribution in [0.15, 0.2) is 71.6 Å². The summed E-state index contributed by atoms with van der Waals surface area (Å²) in [6.07, 6.45) is 0.738. The normalized spacial score (nSPS) is 14.6. The molecule has 35 heavy (non-hydrogen) atoms. The fourth-order valence-electron chi connectivity index (χ4n) is 4.54. The van der Waals surface area contributed by atoms with Crippen molar-refractivity contribution in [2.75, 3.05) is 27.9 Å². The van der Waals surface area contributed by atoms with E-state index in [0.717, 1.165) is 28.0 Å². The molecule has 0 spiro atoms. The predicted molar refractivity (Wildman–Crippen MR) is 132 cm³/mol. The number of esters is 1. The largest absolute Gasteiger partial charge is 0.497 e. The van der Waals surface area contributed by atoms with Crippen LogP contribution < -0.4 is 9.47 Å². The molecule has 0 saturated carbocycles. The van der Waals surface area contributed by atoms with Gasteiger partial charge in [0.2, 0.25) is 10.0 Å². The van der Waals surface area contributed by atoms with E-state index in [1.807, 2.05) is 42.5 Å². The Bertz CT molecular complexity index is 1290. The Balaban J connectivity index is 1.67. The van der Waals surface area contributed by atoms with E-state index in [2.05, 4.69) is 0 Å². The number of carbonyl (C=O) groups excluding carboxylic acids is 1. The predicted octanol–water partition coefficient (Wildman–Crippen LogP) is 4.15. The molecule has 0 radical (unpaired) electrons. The van der Waals surface area contributed by atoms with E-state index in [0.29, 0.717) is 18.7 Å². The lowest BCUT2D eigenvalue weighted by molar-refractivity contribution is -0.140. The molecule has 0 N–H and O–H groups in total. The first-order valence-corrected chi connectivity index (χ1v) is 12.8. The molecule has 1 unspecified atom stereocenters. The molecule has 1 aliphatic heterocycles. The molecule has 0 aliphatic carbocycles. The van der Waals surface area contributed by atoms with Gasteiger partial charge in [0.15, 0.2) is 0 Å². The number of carbonyl (C=O) groups is 1. The maximum Gasteiger partial charge on any atom is 0.306 e. The van der Waals surface area contributed by atoms with E-state index in [-0.39, 0.29) is 29.7 Å². The fraction of sp³-hybridized carbons (Fsp3) is 0.296. The van der Waals surface area contributed by atoms with E-state index in [9.17, 15) is 13.2 Å². The third-order valence-corrected chi connectivity index (χ3v) is 8.32. The van der Waals surface area contributed by atoms with Crippen molar-refractivity contribution in [3.63, 3.8) is 0 Å². The van der Waals surface area contributed by atoms with Crippen molar-refractivity contribution in [1.82, 2.24) is 4.31 Å². The van der Waals surface area contributed by atoms with Crippen molar-refractivity contribution in [3.05, 3.63) is 89.0 Å². The van der Waals surface area contributed by atoms with Crippen LogP contribution in [-0.4, -0.2) is 46.6 Å². The van der Waals surface area contributed by atoms with Gasteiger partial charge in [0.05, 0.1) is 32.6 Å². The van der Waals surface area contributed by atoms with Crippen LogP contribution in [0.2, 0.25) is 0 Å². The second-order valence-electron chi connectivity index (χ2n) is 8.36. The number of methoxy groups -OCH3 is 3. The molecule has 8 heteroatoms. The quantitative estimate of drug-likeness (QED) is 0.437. The van der Waals surface area contributed by atoms with Crippen molar-refractivity contribution in [2.24, 2.45) is 0 Å². The minimum atomic E-state index is -3.66. The Morgan fingerprint density at radius 2 is 1.54 bits per heavy atom. The zero-order valence-corrected chi connectivity index (χ0v) is 20.9. The van der Waals surface area contributed by atoms with Gasteiger partial charge in [-0.1, -0.05) is 30.3 Å². The van der Waals surface area contributed by atoms with E-state index in [1.54, 1.807) is 38.5 Å². The molecule has 1 heterocycles. The number of hydrogen-bond acceptors (Lipinski definition) is 6. The molecule has 0 amide bonds. The zero-order chi connectivity index (χ0) is 25.0. The van der Waals surface area contributed by atoms with Crippen molar-refractivity contribution >= 4 is 16.0 Å². The first-order valence-electron chi connectivity index (χ1n) is 11.3. The molecule has 1 aliphatic rings. The molecule has 0 bridgehead atoms. The number of benzene rings is 3. The van der Waals surface area contributed by atoms with E-state index >= 15 is 0 Å². The van der Waals surface area contributed by atoms with Gasteiger partial charge >= 0.3 is 5.97 Å². The summed E-state index contributed by atoms with van der Waals surface area (Å²) in [4.78, 5) is 12.5. The Kier molecular flexibility index (Phi) is 7.42. The molecule has 1 atom stereocenters. The maximum absolute atomic E-state index is 13.3. The monoisotopic (exact) mass is 495 g/mol. The summed E-state index contributed by atoms with van der Waals surface area (Å²) >= 11 is 0.